The second-order valence-corrected chi connectivity index (χ2v) is 7.22. The summed E-state index contributed by atoms with van der Waals surface area (Å²) in [4.78, 5) is 11.4. The second-order valence-electron chi connectivity index (χ2n) is 5.62. The summed E-state index contributed by atoms with van der Waals surface area (Å²) in [6.45, 7) is 6.10. The van der Waals surface area contributed by atoms with Crippen LogP contribution in [0.15, 0.2) is 0 Å². The van der Waals surface area contributed by atoms with E-state index in [1.54, 1.807) is 13.8 Å². The molecule has 1 aliphatic rings. The van der Waals surface area contributed by atoms with Crippen LogP contribution < -0.4 is 10.5 Å². The van der Waals surface area contributed by atoms with E-state index in [1.165, 1.54) is 4.31 Å². The van der Waals surface area contributed by atoms with Crippen molar-refractivity contribution in [2.45, 2.75) is 52.0 Å². The first-order valence-corrected chi connectivity index (χ1v) is 8.92. The molecule has 0 saturated heterocycles. The number of rotatable bonds is 6. The number of nitrogens with two attached hydrogens (primary N) is 1. The molecule has 1 amide bonds. The molecule has 0 spiro atoms. The zero-order valence-electron chi connectivity index (χ0n) is 13.1. The highest BCUT2D eigenvalue weighted by Gasteiger charge is 2.44. The van der Waals surface area contributed by atoms with Crippen molar-refractivity contribution in [2.75, 3.05) is 19.7 Å². The number of likely N-dealkylation sites (N-methyl/N-ethyl adjacent to an activating group) is 1. The molecule has 1 fully saturated rings. The summed E-state index contributed by atoms with van der Waals surface area (Å²) in [5, 5.41) is 0. The van der Waals surface area contributed by atoms with Crippen LogP contribution in [0.25, 0.3) is 0 Å². The van der Waals surface area contributed by atoms with Gasteiger partial charge in [-0.25, -0.2) is 9.52 Å². The van der Waals surface area contributed by atoms with Crippen LogP contribution in [0.5, 0.6) is 0 Å². The zero-order chi connectivity index (χ0) is 16.1. The standard InChI is InChI=1S/C13H27N3O4S/c1-4-16(21(18,19)15-12(17)20-5-2)13(10-14)8-6-7-11(3)9-13/h11H,4-10,14H2,1-3H3,(H,15,17). The van der Waals surface area contributed by atoms with Crippen molar-refractivity contribution in [3.05, 3.63) is 0 Å². The molecule has 0 aliphatic heterocycles. The largest absolute Gasteiger partial charge is 0.449 e. The van der Waals surface area contributed by atoms with Crippen LogP contribution in [-0.4, -0.2) is 44.1 Å². The van der Waals surface area contributed by atoms with Gasteiger partial charge in [-0.3, -0.25) is 0 Å². The Morgan fingerprint density at radius 1 is 1.48 bits per heavy atom. The van der Waals surface area contributed by atoms with Gasteiger partial charge in [0.15, 0.2) is 0 Å². The molecule has 0 heterocycles. The van der Waals surface area contributed by atoms with Gasteiger partial charge < -0.3 is 10.5 Å². The van der Waals surface area contributed by atoms with Crippen LogP contribution in [0.3, 0.4) is 0 Å². The normalized spacial score (nSPS) is 26.6. The summed E-state index contributed by atoms with van der Waals surface area (Å²) in [7, 11) is -3.96. The minimum absolute atomic E-state index is 0.118. The van der Waals surface area contributed by atoms with Crippen molar-refractivity contribution in [2.24, 2.45) is 11.7 Å². The Balaban J connectivity index is 3.00. The van der Waals surface area contributed by atoms with Crippen LogP contribution in [0.4, 0.5) is 4.79 Å². The molecular weight excluding hydrogens is 294 g/mol. The third-order valence-corrected chi connectivity index (χ3v) is 5.69. The number of nitrogens with zero attached hydrogens (tertiary/aromatic N) is 1. The molecular formula is C13H27N3O4S. The molecule has 1 rings (SSSR count). The Hall–Kier alpha value is -0.860. The van der Waals surface area contributed by atoms with Crippen LogP contribution in [0.1, 0.15) is 46.5 Å². The van der Waals surface area contributed by atoms with Crippen molar-refractivity contribution >= 4 is 16.3 Å². The Bertz CT molecular complexity index is 454. The molecule has 0 aromatic carbocycles. The van der Waals surface area contributed by atoms with Gasteiger partial charge in [0.2, 0.25) is 0 Å². The molecule has 0 aromatic rings. The summed E-state index contributed by atoms with van der Waals surface area (Å²) < 4.78 is 32.9. The number of hydrogen-bond donors (Lipinski definition) is 2. The molecule has 2 atom stereocenters. The van der Waals surface area contributed by atoms with Crippen molar-refractivity contribution < 1.29 is 17.9 Å². The number of amides is 1. The van der Waals surface area contributed by atoms with Crippen molar-refractivity contribution in [3.8, 4) is 0 Å². The fourth-order valence-electron chi connectivity index (χ4n) is 3.23. The first kappa shape index (κ1) is 18.2. The zero-order valence-corrected chi connectivity index (χ0v) is 13.9. The molecule has 1 aliphatic carbocycles. The van der Waals surface area contributed by atoms with E-state index in [-0.39, 0.29) is 19.7 Å². The number of hydrogen-bond acceptors (Lipinski definition) is 5. The molecule has 2 unspecified atom stereocenters. The fourth-order valence-corrected chi connectivity index (χ4v) is 4.70. The molecule has 3 N–H and O–H groups in total. The van der Waals surface area contributed by atoms with E-state index < -0.39 is 21.8 Å². The lowest BCUT2D eigenvalue weighted by atomic mass is 9.76. The second kappa shape index (κ2) is 7.42. The Morgan fingerprint density at radius 2 is 2.14 bits per heavy atom. The Kier molecular flexibility index (Phi) is 6.42. The molecule has 124 valence electrons. The van der Waals surface area contributed by atoms with Gasteiger partial charge in [0.05, 0.1) is 6.61 Å². The molecule has 0 aromatic heterocycles. The van der Waals surface area contributed by atoms with Crippen molar-refractivity contribution in [3.63, 3.8) is 0 Å². The maximum Gasteiger partial charge on any atom is 0.421 e. The average molecular weight is 321 g/mol. The fraction of sp³-hybridized carbons (Fsp3) is 0.923. The Morgan fingerprint density at radius 3 is 2.62 bits per heavy atom. The first-order chi connectivity index (χ1) is 9.81. The molecule has 1 saturated carbocycles. The van der Waals surface area contributed by atoms with Crippen LogP contribution >= 0.6 is 0 Å². The maximum absolute atomic E-state index is 12.5. The lowest BCUT2D eigenvalue weighted by molar-refractivity contribution is 0.110. The van der Waals surface area contributed by atoms with Crippen LogP contribution in [0.2, 0.25) is 0 Å². The van der Waals surface area contributed by atoms with Gasteiger partial charge in [-0.1, -0.05) is 26.7 Å². The van der Waals surface area contributed by atoms with Gasteiger partial charge in [-0.15, -0.1) is 0 Å². The summed E-state index contributed by atoms with van der Waals surface area (Å²) in [5.41, 5.74) is 5.29. The van der Waals surface area contributed by atoms with E-state index in [2.05, 4.69) is 11.7 Å². The number of carbonyl (C=O) groups is 1. The van der Waals surface area contributed by atoms with E-state index in [1.807, 2.05) is 4.72 Å². The topological polar surface area (TPSA) is 102 Å². The highest BCUT2D eigenvalue weighted by molar-refractivity contribution is 7.87. The van der Waals surface area contributed by atoms with Gasteiger partial charge in [0.25, 0.3) is 0 Å². The van der Waals surface area contributed by atoms with E-state index in [4.69, 9.17) is 5.73 Å². The molecule has 21 heavy (non-hydrogen) atoms. The third-order valence-electron chi connectivity index (χ3n) is 4.04. The lowest BCUT2D eigenvalue weighted by Crippen LogP contribution is -2.61. The summed E-state index contributed by atoms with van der Waals surface area (Å²) >= 11 is 0. The average Bonchev–Trinajstić information content (AvgIpc) is 2.38. The smallest absolute Gasteiger partial charge is 0.421 e. The van der Waals surface area contributed by atoms with Crippen LogP contribution in [-0.2, 0) is 14.9 Å². The molecule has 8 heteroatoms. The molecule has 0 bridgehead atoms. The van der Waals surface area contributed by atoms with E-state index in [9.17, 15) is 13.2 Å². The monoisotopic (exact) mass is 321 g/mol. The molecule has 7 nitrogen and oxygen atoms in total. The lowest BCUT2D eigenvalue weighted by Gasteiger charge is -2.46. The van der Waals surface area contributed by atoms with E-state index >= 15 is 0 Å². The highest BCUT2D eigenvalue weighted by atomic mass is 32.2. The predicted octanol–water partition coefficient (Wildman–Crippen LogP) is 1.21. The SMILES string of the molecule is CCOC(=O)NS(=O)(=O)N(CC)C1(CN)CCCC(C)C1. The van der Waals surface area contributed by atoms with E-state index in [0.29, 0.717) is 18.8 Å². The summed E-state index contributed by atoms with van der Waals surface area (Å²) in [6.07, 6.45) is 2.48. The van der Waals surface area contributed by atoms with Gasteiger partial charge in [-0.05, 0) is 25.7 Å². The minimum Gasteiger partial charge on any atom is -0.449 e. The third kappa shape index (κ3) is 4.31. The summed E-state index contributed by atoms with van der Waals surface area (Å²) in [6, 6.07) is 0. The van der Waals surface area contributed by atoms with E-state index in [0.717, 1.165) is 12.8 Å². The predicted molar refractivity (Wildman–Crippen MR) is 80.9 cm³/mol. The Labute approximate surface area is 127 Å². The quantitative estimate of drug-likeness (QED) is 0.765. The van der Waals surface area contributed by atoms with Gasteiger partial charge in [0.1, 0.15) is 0 Å². The number of ether oxygens (including phenoxy) is 1. The van der Waals surface area contributed by atoms with Gasteiger partial charge in [-0.2, -0.15) is 12.7 Å². The maximum atomic E-state index is 12.5. The number of nitrogens with one attached hydrogen (secondary N) is 1. The van der Waals surface area contributed by atoms with Crippen molar-refractivity contribution in [1.82, 2.24) is 9.03 Å². The summed E-state index contributed by atoms with van der Waals surface area (Å²) in [5.74, 6) is 0.411. The van der Waals surface area contributed by atoms with Gasteiger partial charge in [0, 0.05) is 18.6 Å². The number of carbonyl (C=O) groups excluding carboxylic acids is 1. The van der Waals surface area contributed by atoms with Gasteiger partial charge >= 0.3 is 16.3 Å². The molecule has 0 radical (unpaired) electrons. The first-order valence-electron chi connectivity index (χ1n) is 7.48. The highest BCUT2D eigenvalue weighted by Crippen LogP contribution is 2.37. The van der Waals surface area contributed by atoms with Crippen LogP contribution in [0, 0.1) is 5.92 Å². The minimum atomic E-state index is -3.96. The van der Waals surface area contributed by atoms with Crippen molar-refractivity contribution in [1.29, 1.82) is 0 Å².